The molecule has 0 fully saturated rings. The molecule has 134 valence electrons. The quantitative estimate of drug-likeness (QED) is 0.567. The molecule has 0 aliphatic heterocycles. The first-order valence-electron chi connectivity index (χ1n) is 8.36. The van der Waals surface area contributed by atoms with Crippen molar-refractivity contribution in [3.05, 3.63) is 120 Å². The molecule has 2 N–H and O–H groups in total. The van der Waals surface area contributed by atoms with E-state index in [0.717, 1.165) is 22.3 Å². The number of nitrogens with two attached hydrogens (primary N) is 1. The summed E-state index contributed by atoms with van der Waals surface area (Å²) in [5.41, 5.74) is 12.0. The molecule has 0 aliphatic carbocycles. The van der Waals surface area contributed by atoms with Gasteiger partial charge >= 0.3 is 0 Å². The summed E-state index contributed by atoms with van der Waals surface area (Å²) in [6, 6.07) is 26.5. The molecule has 0 saturated carbocycles. The lowest BCUT2D eigenvalue weighted by Gasteiger charge is -2.12. The molecule has 0 aliphatic rings. The Morgan fingerprint density at radius 1 is 0.692 bits per heavy atom. The molecule has 0 radical (unpaired) electrons. The molecule has 3 aromatic rings. The Hall–Kier alpha value is -2.61. The molecule has 0 bridgehead atoms. The zero-order chi connectivity index (χ0) is 18.1. The zero-order valence-electron chi connectivity index (χ0n) is 15.1. The second-order valence-electron chi connectivity index (χ2n) is 5.84. The summed E-state index contributed by atoms with van der Waals surface area (Å²) in [7, 11) is 0. The lowest BCUT2D eigenvalue weighted by Crippen LogP contribution is -2.11. The molecule has 0 amide bonds. The van der Waals surface area contributed by atoms with Gasteiger partial charge in [-0.15, -0.1) is 12.4 Å². The molecule has 0 aromatic heterocycles. The van der Waals surface area contributed by atoms with Gasteiger partial charge in [-0.2, -0.15) is 0 Å². The second kappa shape index (κ2) is 11.1. The van der Waals surface area contributed by atoms with Gasteiger partial charge in [0.15, 0.2) is 0 Å². The van der Waals surface area contributed by atoms with E-state index in [2.05, 4.69) is 56.5 Å². The third kappa shape index (κ3) is 6.03. The van der Waals surface area contributed by atoms with Crippen LogP contribution in [0.3, 0.4) is 0 Å². The first-order valence-corrected chi connectivity index (χ1v) is 8.36. The number of rotatable bonds is 4. The van der Waals surface area contributed by atoms with E-state index in [1.807, 2.05) is 54.6 Å². The Kier molecular flexibility index (Phi) is 9.14. The third-order valence-corrected chi connectivity index (χ3v) is 4.03. The van der Waals surface area contributed by atoms with Crippen molar-refractivity contribution < 1.29 is 0 Å². The highest BCUT2D eigenvalue weighted by Gasteiger charge is 2.06. The maximum Gasteiger partial charge on any atom is 0.0551 e. The summed E-state index contributed by atoms with van der Waals surface area (Å²) in [5.74, 6) is 0. The van der Waals surface area contributed by atoms with Gasteiger partial charge < -0.3 is 5.73 Å². The van der Waals surface area contributed by atoms with Crippen molar-refractivity contribution in [1.29, 1.82) is 0 Å². The molecule has 1 nitrogen and oxygen atoms in total. The summed E-state index contributed by atoms with van der Waals surface area (Å²) < 4.78 is 0. The van der Waals surface area contributed by atoms with Gasteiger partial charge in [0.1, 0.15) is 0 Å². The molecule has 0 spiro atoms. The van der Waals surface area contributed by atoms with Crippen LogP contribution in [0.4, 0.5) is 0 Å². The predicted molar refractivity (Wildman–Crippen MR) is 118 cm³/mol. The number of aryl methyl sites for hydroxylation is 1. The highest BCUT2D eigenvalue weighted by atomic mass is 35.5. The van der Waals surface area contributed by atoms with Gasteiger partial charge in [0, 0.05) is 0 Å². The lowest BCUT2D eigenvalue weighted by molar-refractivity contribution is 0.871. The van der Waals surface area contributed by atoms with Crippen LogP contribution in [-0.4, -0.2) is 0 Å². The highest BCUT2D eigenvalue weighted by molar-refractivity contribution is 5.85. The van der Waals surface area contributed by atoms with Crippen LogP contribution in [0.2, 0.25) is 0 Å². The fourth-order valence-electron chi connectivity index (χ4n) is 2.51. The van der Waals surface area contributed by atoms with E-state index < -0.39 is 0 Å². The Labute approximate surface area is 163 Å². The predicted octanol–water partition coefficient (Wildman–Crippen LogP) is 6.44. The number of halogens is 1. The van der Waals surface area contributed by atoms with Gasteiger partial charge in [-0.05, 0) is 29.2 Å². The van der Waals surface area contributed by atoms with Crippen molar-refractivity contribution in [2.24, 2.45) is 5.73 Å². The lowest BCUT2D eigenvalue weighted by atomic mass is 9.99. The van der Waals surface area contributed by atoms with Crippen molar-refractivity contribution in [2.45, 2.75) is 13.0 Å². The topological polar surface area (TPSA) is 26.0 Å². The maximum atomic E-state index is 6.17. The van der Waals surface area contributed by atoms with Gasteiger partial charge in [-0.1, -0.05) is 110 Å². The summed E-state index contributed by atoms with van der Waals surface area (Å²) in [4.78, 5) is 0. The van der Waals surface area contributed by atoms with Crippen molar-refractivity contribution in [3.63, 3.8) is 0 Å². The normalized spacial score (nSPS) is 10.5. The first-order chi connectivity index (χ1) is 12.2. The van der Waals surface area contributed by atoms with Gasteiger partial charge in [0.25, 0.3) is 0 Å². The minimum atomic E-state index is -0.0215. The average Bonchev–Trinajstić information content (AvgIpc) is 2.69. The minimum Gasteiger partial charge on any atom is -0.320 e. The molecule has 0 heterocycles. The fourth-order valence-corrected chi connectivity index (χ4v) is 2.51. The first kappa shape index (κ1) is 21.4. The molecule has 2 heteroatoms. The average molecular weight is 364 g/mol. The molecular formula is C24H26ClN. The Bertz CT molecular complexity index is 780. The Balaban J connectivity index is 0.000000270. The molecule has 1 unspecified atom stereocenters. The third-order valence-electron chi connectivity index (χ3n) is 4.03. The SMILES string of the molecule is C=Cc1ccccc1C=C.Cc1ccc(C(N)c2ccccc2)cc1.Cl. The Morgan fingerprint density at radius 2 is 1.12 bits per heavy atom. The standard InChI is InChI=1S/C14H15N.C10H10.ClH/c1-11-7-9-13(10-8-11)14(15)12-5-3-2-4-6-12;1-3-9-7-5-6-8-10(9)4-2;/h2-10,14H,15H2,1H3;3-8H,1-2H2;1H. The Morgan fingerprint density at radius 3 is 1.58 bits per heavy atom. The number of hydrogen-bond donors (Lipinski definition) is 1. The molecule has 3 rings (SSSR count). The van der Waals surface area contributed by atoms with Gasteiger partial charge in [0.2, 0.25) is 0 Å². The van der Waals surface area contributed by atoms with Crippen LogP contribution in [0.15, 0.2) is 92.0 Å². The van der Waals surface area contributed by atoms with Crippen LogP contribution in [0.1, 0.15) is 33.9 Å². The van der Waals surface area contributed by atoms with E-state index in [4.69, 9.17) is 5.73 Å². The van der Waals surface area contributed by atoms with Gasteiger partial charge in [-0.25, -0.2) is 0 Å². The van der Waals surface area contributed by atoms with Crippen LogP contribution in [-0.2, 0) is 0 Å². The van der Waals surface area contributed by atoms with E-state index in [1.165, 1.54) is 5.56 Å². The molecule has 3 aromatic carbocycles. The van der Waals surface area contributed by atoms with Crippen LogP contribution in [0.25, 0.3) is 12.2 Å². The summed E-state index contributed by atoms with van der Waals surface area (Å²) in [6.45, 7) is 9.46. The molecule has 26 heavy (non-hydrogen) atoms. The van der Waals surface area contributed by atoms with Crippen molar-refractivity contribution in [2.75, 3.05) is 0 Å². The fraction of sp³-hybridized carbons (Fsp3) is 0.0833. The van der Waals surface area contributed by atoms with E-state index >= 15 is 0 Å². The van der Waals surface area contributed by atoms with Crippen LogP contribution < -0.4 is 5.73 Å². The summed E-state index contributed by atoms with van der Waals surface area (Å²) in [6.07, 6.45) is 3.66. The zero-order valence-corrected chi connectivity index (χ0v) is 16.0. The van der Waals surface area contributed by atoms with Crippen LogP contribution >= 0.6 is 12.4 Å². The van der Waals surface area contributed by atoms with Crippen molar-refractivity contribution >= 4 is 24.6 Å². The monoisotopic (exact) mass is 363 g/mol. The minimum absolute atomic E-state index is 0. The maximum absolute atomic E-state index is 6.17. The second-order valence-corrected chi connectivity index (χ2v) is 5.84. The smallest absolute Gasteiger partial charge is 0.0551 e. The van der Waals surface area contributed by atoms with Crippen molar-refractivity contribution in [1.82, 2.24) is 0 Å². The van der Waals surface area contributed by atoms with Crippen LogP contribution in [0, 0.1) is 6.92 Å². The van der Waals surface area contributed by atoms with E-state index in [9.17, 15) is 0 Å². The molecule has 0 saturated heterocycles. The largest absolute Gasteiger partial charge is 0.320 e. The molecule has 1 atom stereocenters. The van der Waals surface area contributed by atoms with Gasteiger partial charge in [0.05, 0.1) is 6.04 Å². The summed E-state index contributed by atoms with van der Waals surface area (Å²) >= 11 is 0. The van der Waals surface area contributed by atoms with Crippen molar-refractivity contribution in [3.8, 4) is 0 Å². The number of benzene rings is 3. The van der Waals surface area contributed by atoms with E-state index in [0.29, 0.717) is 0 Å². The van der Waals surface area contributed by atoms with E-state index in [1.54, 1.807) is 0 Å². The summed E-state index contributed by atoms with van der Waals surface area (Å²) in [5, 5.41) is 0. The van der Waals surface area contributed by atoms with E-state index in [-0.39, 0.29) is 18.4 Å². The van der Waals surface area contributed by atoms with Gasteiger partial charge in [-0.3, -0.25) is 0 Å². The number of hydrogen-bond acceptors (Lipinski definition) is 1. The highest BCUT2D eigenvalue weighted by Crippen LogP contribution is 2.19. The van der Waals surface area contributed by atoms with Crippen LogP contribution in [0.5, 0.6) is 0 Å². The molecular weight excluding hydrogens is 338 g/mol.